The Labute approximate surface area is 429 Å². The summed E-state index contributed by atoms with van der Waals surface area (Å²) in [5.74, 6) is 6.85. The van der Waals surface area contributed by atoms with Gasteiger partial charge < -0.3 is 33.5 Å². The third-order valence-electron chi connectivity index (χ3n) is 13.2. The van der Waals surface area contributed by atoms with Crippen LogP contribution in [0.1, 0.15) is 109 Å². The normalized spacial score (nSPS) is 12.7. The summed E-state index contributed by atoms with van der Waals surface area (Å²) in [5.41, 5.74) is -4.59. The zero-order valence-corrected chi connectivity index (χ0v) is 43.2. The summed E-state index contributed by atoms with van der Waals surface area (Å²) in [6.07, 6.45) is -20.8. The van der Waals surface area contributed by atoms with Gasteiger partial charge in [0.05, 0.1) is 7.11 Å². The van der Waals surface area contributed by atoms with Crippen molar-refractivity contribution in [2.75, 3.05) is 41.5 Å². The van der Waals surface area contributed by atoms with E-state index in [0.717, 1.165) is 42.0 Å². The molecule has 8 nitrogen and oxygen atoms in total. The van der Waals surface area contributed by atoms with Gasteiger partial charge in [-0.05, 0) is 134 Å². The van der Waals surface area contributed by atoms with E-state index in [4.69, 9.17) is 4.74 Å². The van der Waals surface area contributed by atoms with Gasteiger partial charge in [0.2, 0.25) is 0 Å². The molecule has 0 atom stereocenters. The van der Waals surface area contributed by atoms with E-state index < -0.39 is 66.3 Å². The number of benzene rings is 4. The number of hydrogen-bond acceptors (Lipinski definition) is 8. The van der Waals surface area contributed by atoms with Gasteiger partial charge in [0.1, 0.15) is 25.1 Å². The number of alkyl halides is 12. The van der Waals surface area contributed by atoms with E-state index in [1.54, 1.807) is 57.2 Å². The molecule has 0 aliphatic carbocycles. The van der Waals surface area contributed by atoms with E-state index in [0.29, 0.717) is 48.1 Å². The SMILES string of the molecule is CCC(CC)(c1ccc(C#CC(OCOC)(C(F)(F)F)C(F)(F)F)c(C)c1)c1ccc(OCC(=O)OC)c(C)c1.CCC(CC)(c1ccc(O)c(C)c1)c1ccc(C#CC(OCOC)(C(F)(F)F)C(F)(F)F)c(C)c1. The van der Waals surface area contributed by atoms with Gasteiger partial charge >= 0.3 is 41.9 Å². The van der Waals surface area contributed by atoms with Gasteiger partial charge in [0, 0.05) is 36.2 Å². The zero-order valence-electron chi connectivity index (χ0n) is 43.2. The predicted molar refractivity (Wildman–Crippen MR) is 256 cm³/mol. The van der Waals surface area contributed by atoms with Crippen LogP contribution in [0.2, 0.25) is 0 Å². The first kappa shape index (κ1) is 63.4. The highest BCUT2D eigenvalue weighted by Crippen LogP contribution is 2.48. The highest BCUT2D eigenvalue weighted by atomic mass is 19.4. The van der Waals surface area contributed by atoms with Crippen molar-refractivity contribution in [2.24, 2.45) is 0 Å². The summed E-state index contributed by atoms with van der Waals surface area (Å²) in [6, 6.07) is 20.4. The molecular weight excluding hydrogens is 1020 g/mol. The first-order chi connectivity index (χ1) is 34.8. The molecule has 0 saturated heterocycles. The van der Waals surface area contributed by atoms with Crippen molar-refractivity contribution in [3.05, 3.63) is 128 Å². The number of halogens is 12. The smallest absolute Gasteiger partial charge is 0.438 e. The van der Waals surface area contributed by atoms with Crippen molar-refractivity contribution in [1.29, 1.82) is 0 Å². The van der Waals surface area contributed by atoms with Gasteiger partial charge in [-0.25, -0.2) is 4.79 Å². The molecule has 0 radical (unpaired) electrons. The summed E-state index contributed by atoms with van der Waals surface area (Å²) in [6.45, 7) is 11.9. The molecule has 0 aliphatic rings. The monoisotopic (exact) mass is 1080 g/mol. The molecule has 4 aromatic carbocycles. The second-order valence-electron chi connectivity index (χ2n) is 17.4. The molecule has 75 heavy (non-hydrogen) atoms. The van der Waals surface area contributed by atoms with Crippen molar-refractivity contribution in [1.82, 2.24) is 0 Å². The molecule has 0 heterocycles. The molecule has 0 unspecified atom stereocenters. The third kappa shape index (κ3) is 13.7. The van der Waals surface area contributed by atoms with E-state index in [1.165, 1.54) is 31.1 Å². The van der Waals surface area contributed by atoms with Crippen molar-refractivity contribution >= 4 is 5.97 Å². The fraction of sp³-hybridized carbons (Fsp3) is 0.473. The largest absolute Gasteiger partial charge is 0.508 e. The molecule has 0 aromatic heterocycles. The summed E-state index contributed by atoms with van der Waals surface area (Å²) >= 11 is 0. The lowest BCUT2D eigenvalue weighted by Gasteiger charge is -2.34. The molecule has 0 bridgehead atoms. The highest BCUT2D eigenvalue weighted by molar-refractivity contribution is 5.71. The summed E-state index contributed by atoms with van der Waals surface area (Å²) < 4.78 is 190. The molecule has 412 valence electrons. The number of esters is 1. The highest BCUT2D eigenvalue weighted by Gasteiger charge is 2.73. The average Bonchev–Trinajstić information content (AvgIpc) is 3.33. The topological polar surface area (TPSA) is 92.7 Å². The van der Waals surface area contributed by atoms with Crippen LogP contribution < -0.4 is 4.74 Å². The molecule has 1 N–H and O–H groups in total. The Balaban J connectivity index is 0.000000399. The van der Waals surface area contributed by atoms with Gasteiger partial charge in [-0.1, -0.05) is 88.1 Å². The lowest BCUT2D eigenvalue weighted by atomic mass is 9.70. The number of phenolic OH excluding ortho intramolecular Hbond substituents is 1. The minimum absolute atomic E-state index is 0.00788. The van der Waals surface area contributed by atoms with Crippen molar-refractivity contribution in [2.45, 2.75) is 128 Å². The quantitative estimate of drug-likeness (QED) is 0.0484. The molecule has 4 aromatic rings. The van der Waals surface area contributed by atoms with E-state index in [1.807, 2.05) is 70.7 Å². The maximum atomic E-state index is 13.6. The lowest BCUT2D eigenvalue weighted by Crippen LogP contribution is -2.58. The molecule has 0 spiro atoms. The molecule has 0 aliphatic heterocycles. The molecule has 20 heteroatoms. The van der Waals surface area contributed by atoms with Crippen LogP contribution in [0.4, 0.5) is 52.7 Å². The molecule has 4 rings (SSSR count). The second kappa shape index (κ2) is 25.3. The second-order valence-corrected chi connectivity index (χ2v) is 17.4. The van der Waals surface area contributed by atoms with E-state index in [-0.39, 0.29) is 23.5 Å². The first-order valence-electron chi connectivity index (χ1n) is 23.2. The fourth-order valence-corrected chi connectivity index (χ4v) is 8.54. The van der Waals surface area contributed by atoms with Gasteiger partial charge in [-0.3, -0.25) is 0 Å². The summed E-state index contributed by atoms with van der Waals surface area (Å²) in [7, 11) is 3.08. The Kier molecular flexibility index (Phi) is 21.4. The Morgan fingerprint density at radius 2 is 0.827 bits per heavy atom. The number of hydrogen-bond donors (Lipinski definition) is 1. The minimum atomic E-state index is -5.87. The minimum Gasteiger partial charge on any atom is -0.508 e. The maximum absolute atomic E-state index is 13.6. The Bertz CT molecular complexity index is 2660. The van der Waals surface area contributed by atoms with Gasteiger partial charge in [0.25, 0.3) is 0 Å². The van der Waals surface area contributed by atoms with Crippen LogP contribution in [0, 0.1) is 51.4 Å². The van der Waals surface area contributed by atoms with Gasteiger partial charge in [-0.2, -0.15) is 52.7 Å². The van der Waals surface area contributed by atoms with Crippen molar-refractivity contribution < 1.29 is 91.0 Å². The number of aromatic hydroxyl groups is 1. The number of phenols is 1. The van der Waals surface area contributed by atoms with Crippen LogP contribution in [0.5, 0.6) is 11.5 Å². The van der Waals surface area contributed by atoms with Gasteiger partial charge in [-0.15, -0.1) is 0 Å². The Morgan fingerprint density at radius 1 is 0.493 bits per heavy atom. The van der Waals surface area contributed by atoms with Crippen LogP contribution in [0.25, 0.3) is 0 Å². The summed E-state index contributed by atoms with van der Waals surface area (Å²) in [5, 5.41) is 9.91. The van der Waals surface area contributed by atoms with Crippen LogP contribution in [0.3, 0.4) is 0 Å². The van der Waals surface area contributed by atoms with E-state index in [9.17, 15) is 62.6 Å². The summed E-state index contributed by atoms with van der Waals surface area (Å²) in [4.78, 5) is 11.4. The van der Waals surface area contributed by atoms with Gasteiger partial charge in [0.15, 0.2) is 6.61 Å². The molecule has 0 fully saturated rings. The number of ether oxygens (including phenoxy) is 6. The molecular formula is C55H60F12O8. The zero-order chi connectivity index (χ0) is 57.0. The number of aryl methyl sites for hydroxylation is 4. The van der Waals surface area contributed by atoms with Crippen LogP contribution >= 0.6 is 0 Å². The van der Waals surface area contributed by atoms with E-state index in [2.05, 4.69) is 23.7 Å². The number of carbonyl (C=O) groups excluding carboxylic acids is 1. The Hall–Kier alpha value is -5.93. The fourth-order valence-electron chi connectivity index (χ4n) is 8.54. The van der Waals surface area contributed by atoms with E-state index >= 15 is 0 Å². The lowest BCUT2D eigenvalue weighted by molar-refractivity contribution is -0.368. The van der Waals surface area contributed by atoms with Crippen molar-refractivity contribution in [3.8, 4) is 35.2 Å². The maximum Gasteiger partial charge on any atom is 0.438 e. The van der Waals surface area contributed by atoms with Crippen LogP contribution in [0.15, 0.2) is 72.8 Å². The van der Waals surface area contributed by atoms with Crippen LogP contribution in [-0.2, 0) is 39.3 Å². The predicted octanol–water partition coefficient (Wildman–Crippen LogP) is 13.7. The molecule has 0 saturated carbocycles. The first-order valence-corrected chi connectivity index (χ1v) is 23.2. The average molecular weight is 1080 g/mol. The number of carbonyl (C=O) groups is 1. The standard InChI is InChI=1S/C29H32F6O5.C26H28F6O3/c1-7-26(8-2,23-11-12-24(20(4)16-23)39-17-25(36)38-6)22-10-9-21(19(3)15-22)13-14-27(28(30,31)32,29(33,34)35)40-18-37-5;1-6-23(7-2,21-10-11-22(33)18(4)15-21)20-9-8-19(17(3)14-20)12-13-24(25(27,28)29,26(30,31)32)35-16-34-5/h9-12,15-16H,7-8,17-18H2,1-6H3;8-11,14-15,33H,6-7,16H2,1-5H3. The number of methoxy groups -OCH3 is 3. The van der Waals surface area contributed by atoms with Crippen LogP contribution in [-0.4, -0.2) is 88.5 Å². The third-order valence-corrected chi connectivity index (χ3v) is 13.2. The Morgan fingerprint density at radius 3 is 1.12 bits per heavy atom. The van der Waals surface area contributed by atoms with Crippen molar-refractivity contribution in [3.63, 3.8) is 0 Å². The molecule has 0 amide bonds. The number of rotatable bonds is 17.